The third kappa shape index (κ3) is 2.78. The number of hydrogen-bond donors (Lipinski definition) is 0. The molecule has 3 aromatic rings. The fraction of sp³-hybridized carbons (Fsp3) is 0. The van der Waals surface area contributed by atoms with E-state index in [1.165, 1.54) is 17.7 Å². The second kappa shape index (κ2) is 5.76. The second-order valence-electron chi connectivity index (χ2n) is 3.80. The van der Waals surface area contributed by atoms with Gasteiger partial charge in [-0.05, 0) is 0 Å². The quantitative estimate of drug-likeness (QED) is 0.454. The van der Waals surface area contributed by atoms with E-state index >= 15 is 0 Å². The van der Waals surface area contributed by atoms with E-state index in [-0.39, 0.29) is 29.0 Å². The maximum absolute atomic E-state index is 10.8. The SMILES string of the molecule is O=Cc1ccc(-c2ccc(-c3ccc(C=O)[se]3)[se]2)[se]1. The summed E-state index contributed by atoms with van der Waals surface area (Å²) < 4.78 is 7.26. The Hall–Kier alpha value is -0.662. The van der Waals surface area contributed by atoms with Crippen LogP contribution in [0.3, 0.4) is 0 Å². The van der Waals surface area contributed by atoms with E-state index in [9.17, 15) is 9.59 Å². The van der Waals surface area contributed by atoms with Crippen LogP contribution in [-0.4, -0.2) is 56.1 Å². The van der Waals surface area contributed by atoms with Crippen LogP contribution in [0.5, 0.6) is 0 Å². The van der Waals surface area contributed by atoms with Gasteiger partial charge < -0.3 is 0 Å². The van der Waals surface area contributed by atoms with Crippen LogP contribution in [0.15, 0.2) is 36.4 Å². The summed E-state index contributed by atoms with van der Waals surface area (Å²) in [5.41, 5.74) is 0. The van der Waals surface area contributed by atoms with Gasteiger partial charge in [0.1, 0.15) is 0 Å². The molecule has 0 unspecified atom stereocenters. The molecule has 0 amide bonds. The molecule has 0 aliphatic rings. The molecule has 0 aromatic carbocycles. The normalized spacial score (nSPS) is 10.5. The van der Waals surface area contributed by atoms with E-state index in [0.717, 1.165) is 21.4 Å². The van der Waals surface area contributed by atoms with Crippen molar-refractivity contribution in [2.45, 2.75) is 0 Å². The molecule has 0 bridgehead atoms. The third-order valence-electron chi connectivity index (χ3n) is 2.58. The molecule has 0 spiro atoms. The monoisotopic (exact) mass is 448 g/mol. The summed E-state index contributed by atoms with van der Waals surface area (Å²) in [5.74, 6) is 0. The van der Waals surface area contributed by atoms with Crippen LogP contribution >= 0.6 is 0 Å². The van der Waals surface area contributed by atoms with Crippen molar-refractivity contribution in [2.75, 3.05) is 0 Å². The van der Waals surface area contributed by atoms with E-state index in [0.29, 0.717) is 14.5 Å². The van der Waals surface area contributed by atoms with Gasteiger partial charge in [-0.1, -0.05) is 0 Å². The second-order valence-corrected chi connectivity index (χ2v) is 10.8. The predicted octanol–water partition coefficient (Wildman–Crippen LogP) is 1.82. The molecule has 0 saturated heterocycles. The standard InChI is InChI=1S/C14H8O2Se3/c15-7-9-1-3-11(17-9)13-5-6-14(19-13)12-4-2-10(8-16)18-12/h1-8H. The zero-order valence-corrected chi connectivity index (χ0v) is 14.8. The van der Waals surface area contributed by atoms with Crippen molar-refractivity contribution in [1.29, 1.82) is 0 Å². The van der Waals surface area contributed by atoms with Gasteiger partial charge in [-0.2, -0.15) is 0 Å². The number of carbonyl (C=O) groups excluding carboxylic acids is 2. The van der Waals surface area contributed by atoms with Gasteiger partial charge in [0.2, 0.25) is 0 Å². The minimum atomic E-state index is 0.181. The molecule has 19 heavy (non-hydrogen) atoms. The van der Waals surface area contributed by atoms with Crippen LogP contribution in [-0.2, 0) is 0 Å². The Bertz CT molecular complexity index is 673. The van der Waals surface area contributed by atoms with Gasteiger partial charge in [-0.15, -0.1) is 0 Å². The summed E-state index contributed by atoms with van der Waals surface area (Å²) in [5, 5.41) is 0. The molecule has 5 heteroatoms. The van der Waals surface area contributed by atoms with E-state index in [1.807, 2.05) is 12.1 Å². The summed E-state index contributed by atoms with van der Waals surface area (Å²) in [6.45, 7) is 0. The topological polar surface area (TPSA) is 34.1 Å². The van der Waals surface area contributed by atoms with E-state index in [2.05, 4.69) is 24.3 Å². The Kier molecular flexibility index (Phi) is 4.04. The molecule has 0 atom stereocenters. The molecule has 3 aromatic heterocycles. The summed E-state index contributed by atoms with van der Waals surface area (Å²) in [4.78, 5) is 21.5. The van der Waals surface area contributed by atoms with Crippen LogP contribution in [0.2, 0.25) is 0 Å². The van der Waals surface area contributed by atoms with Crippen molar-refractivity contribution in [3.8, 4) is 17.7 Å². The molecule has 94 valence electrons. The average Bonchev–Trinajstić information content (AvgIpc) is 3.16. The third-order valence-corrected chi connectivity index (χ3v) is 10.7. The van der Waals surface area contributed by atoms with E-state index < -0.39 is 0 Å². The van der Waals surface area contributed by atoms with Gasteiger partial charge >= 0.3 is 129 Å². The Morgan fingerprint density at radius 1 is 0.579 bits per heavy atom. The van der Waals surface area contributed by atoms with Crippen molar-refractivity contribution >= 4 is 56.1 Å². The Balaban J connectivity index is 1.94. The fourth-order valence-corrected chi connectivity index (χ4v) is 8.41. The summed E-state index contributed by atoms with van der Waals surface area (Å²) in [7, 11) is 0. The minimum absolute atomic E-state index is 0.181. The van der Waals surface area contributed by atoms with Crippen LogP contribution in [0.4, 0.5) is 0 Å². The van der Waals surface area contributed by atoms with Crippen LogP contribution in [0, 0.1) is 0 Å². The van der Waals surface area contributed by atoms with E-state index in [4.69, 9.17) is 0 Å². The molecular formula is C14H8O2Se3. The molecule has 0 aliphatic heterocycles. The van der Waals surface area contributed by atoms with Gasteiger partial charge in [0.25, 0.3) is 0 Å². The van der Waals surface area contributed by atoms with Gasteiger partial charge in [0.05, 0.1) is 0 Å². The molecule has 0 N–H and O–H groups in total. The van der Waals surface area contributed by atoms with Gasteiger partial charge in [-0.25, -0.2) is 0 Å². The molecule has 3 rings (SSSR count). The van der Waals surface area contributed by atoms with Crippen molar-refractivity contribution in [3.63, 3.8) is 0 Å². The van der Waals surface area contributed by atoms with Crippen LogP contribution in [0.25, 0.3) is 17.7 Å². The van der Waals surface area contributed by atoms with Crippen LogP contribution < -0.4 is 0 Å². The molecule has 0 aliphatic carbocycles. The Morgan fingerprint density at radius 2 is 0.947 bits per heavy atom. The first-order valence-corrected chi connectivity index (χ1v) is 10.6. The summed E-state index contributed by atoms with van der Waals surface area (Å²) in [6.07, 6.45) is 1.92. The molecule has 0 fully saturated rings. The maximum atomic E-state index is 10.8. The summed E-state index contributed by atoms with van der Waals surface area (Å²) in [6, 6.07) is 12.4. The number of hydrogen-bond acceptors (Lipinski definition) is 2. The zero-order chi connectivity index (χ0) is 13.2. The predicted molar refractivity (Wildman–Crippen MR) is 78.9 cm³/mol. The zero-order valence-electron chi connectivity index (χ0n) is 9.66. The Morgan fingerprint density at radius 3 is 1.32 bits per heavy atom. The first-order chi connectivity index (χ1) is 9.30. The van der Waals surface area contributed by atoms with Gasteiger partial charge in [0, 0.05) is 0 Å². The summed E-state index contributed by atoms with van der Waals surface area (Å²) >= 11 is 0.680. The van der Waals surface area contributed by atoms with Crippen molar-refractivity contribution in [1.82, 2.24) is 0 Å². The van der Waals surface area contributed by atoms with Crippen LogP contribution in [0.1, 0.15) is 18.5 Å². The molecule has 0 radical (unpaired) electrons. The first-order valence-electron chi connectivity index (χ1n) is 5.51. The molecule has 0 saturated carbocycles. The molecule has 3 heterocycles. The Labute approximate surface area is 128 Å². The number of rotatable bonds is 4. The number of aldehydes is 2. The van der Waals surface area contributed by atoms with E-state index in [1.54, 1.807) is 0 Å². The first kappa shape index (κ1) is 13.3. The van der Waals surface area contributed by atoms with Crippen molar-refractivity contribution in [3.05, 3.63) is 45.3 Å². The molecule has 2 nitrogen and oxygen atoms in total. The molecular weight excluding hydrogens is 437 g/mol. The van der Waals surface area contributed by atoms with Crippen molar-refractivity contribution in [2.24, 2.45) is 0 Å². The van der Waals surface area contributed by atoms with Gasteiger partial charge in [0.15, 0.2) is 0 Å². The number of carbonyl (C=O) groups is 2. The van der Waals surface area contributed by atoms with Gasteiger partial charge in [-0.3, -0.25) is 0 Å². The van der Waals surface area contributed by atoms with Crippen molar-refractivity contribution < 1.29 is 9.59 Å². The fourth-order valence-electron chi connectivity index (χ4n) is 1.70. The average molecular weight is 445 g/mol.